The number of likely N-dealkylation sites (tertiary alicyclic amines) is 1. The van der Waals surface area contributed by atoms with Gasteiger partial charge >= 0.3 is 0 Å². The summed E-state index contributed by atoms with van der Waals surface area (Å²) in [6, 6.07) is 11.4. The number of ether oxygens (including phenoxy) is 2. The van der Waals surface area contributed by atoms with Crippen LogP contribution in [0.15, 0.2) is 45.3 Å². The standard InChI is InChI=1S/C22H24BrN3O3.C5H10O2/c1-14-11-16(23)12-19-21(14)29-22(25-19)15-3-5-17(6-4-15)24-20(27)13-28-18-7-9-26(2)10-8-18;1-5(2,3)7-4-6/h3-6,11-12,18H,7-10,13H2,1-2H3,(H,24,27);4H,1-3H3. The van der Waals surface area contributed by atoms with Gasteiger partial charge in [0.15, 0.2) is 5.58 Å². The third kappa shape index (κ3) is 8.43. The van der Waals surface area contributed by atoms with Crippen LogP contribution in [0.3, 0.4) is 0 Å². The maximum absolute atomic E-state index is 12.2. The number of hydrogen-bond acceptors (Lipinski definition) is 7. The van der Waals surface area contributed by atoms with Crippen LogP contribution in [0.4, 0.5) is 5.69 Å². The van der Waals surface area contributed by atoms with Crippen LogP contribution < -0.4 is 5.32 Å². The first-order chi connectivity index (χ1) is 17.0. The molecule has 0 bridgehead atoms. The fourth-order valence-corrected chi connectivity index (χ4v) is 4.22. The molecule has 4 rings (SSSR count). The molecular formula is C27H34BrN3O5. The Morgan fingerprint density at radius 2 is 1.89 bits per heavy atom. The van der Waals surface area contributed by atoms with Gasteiger partial charge in [0, 0.05) is 28.8 Å². The molecule has 1 aliphatic rings. The van der Waals surface area contributed by atoms with E-state index in [4.69, 9.17) is 9.15 Å². The van der Waals surface area contributed by atoms with Gasteiger partial charge in [-0.1, -0.05) is 15.9 Å². The average Bonchev–Trinajstić information content (AvgIpc) is 3.23. The molecule has 8 nitrogen and oxygen atoms in total. The summed E-state index contributed by atoms with van der Waals surface area (Å²) in [6.07, 6.45) is 2.11. The van der Waals surface area contributed by atoms with E-state index in [1.54, 1.807) is 0 Å². The molecular weight excluding hydrogens is 526 g/mol. The summed E-state index contributed by atoms with van der Waals surface area (Å²) >= 11 is 3.49. The molecule has 2 heterocycles. The Morgan fingerprint density at radius 3 is 2.47 bits per heavy atom. The third-order valence-corrected chi connectivity index (χ3v) is 6.03. The summed E-state index contributed by atoms with van der Waals surface area (Å²) in [6.45, 7) is 10.0. The quantitative estimate of drug-likeness (QED) is 0.394. The second-order valence-corrected chi connectivity index (χ2v) is 10.8. The molecule has 0 radical (unpaired) electrons. The first kappa shape index (κ1) is 27.8. The number of fused-ring (bicyclic) bond motifs is 1. The fourth-order valence-electron chi connectivity index (χ4n) is 3.66. The highest BCUT2D eigenvalue weighted by molar-refractivity contribution is 9.10. The largest absolute Gasteiger partial charge is 0.462 e. The van der Waals surface area contributed by atoms with E-state index in [0.717, 1.165) is 58.3 Å². The topological polar surface area (TPSA) is 93.9 Å². The van der Waals surface area contributed by atoms with Crippen molar-refractivity contribution in [1.82, 2.24) is 9.88 Å². The Balaban J connectivity index is 0.000000454. The molecule has 9 heteroatoms. The number of carbonyl (C=O) groups excluding carboxylic acids is 2. The number of aromatic nitrogens is 1. The Kier molecular flexibility index (Phi) is 9.64. The van der Waals surface area contributed by atoms with Crippen molar-refractivity contribution in [2.24, 2.45) is 0 Å². The van der Waals surface area contributed by atoms with E-state index in [9.17, 15) is 9.59 Å². The highest BCUT2D eigenvalue weighted by Crippen LogP contribution is 2.29. The molecule has 3 aromatic rings. The molecule has 1 aliphatic heterocycles. The molecule has 1 aromatic heterocycles. The Morgan fingerprint density at radius 1 is 1.22 bits per heavy atom. The van der Waals surface area contributed by atoms with E-state index < -0.39 is 0 Å². The van der Waals surface area contributed by atoms with Gasteiger partial charge in [-0.15, -0.1) is 0 Å². The molecule has 1 N–H and O–H groups in total. The Bertz CT molecular complexity index is 1160. The fraction of sp³-hybridized carbons (Fsp3) is 0.444. The lowest BCUT2D eigenvalue weighted by Gasteiger charge is -2.28. The zero-order chi connectivity index (χ0) is 26.3. The highest BCUT2D eigenvalue weighted by atomic mass is 79.9. The zero-order valence-corrected chi connectivity index (χ0v) is 23.1. The predicted molar refractivity (Wildman–Crippen MR) is 144 cm³/mol. The number of nitrogens with one attached hydrogen (secondary N) is 1. The second kappa shape index (κ2) is 12.5. The van der Waals surface area contributed by atoms with Crippen molar-refractivity contribution in [1.29, 1.82) is 0 Å². The van der Waals surface area contributed by atoms with Crippen LogP contribution in [0.5, 0.6) is 0 Å². The maximum atomic E-state index is 12.2. The van der Waals surface area contributed by atoms with Crippen molar-refractivity contribution in [2.75, 3.05) is 32.1 Å². The molecule has 0 spiro atoms. The molecule has 2 aromatic carbocycles. The van der Waals surface area contributed by atoms with Crippen LogP contribution in [0.25, 0.3) is 22.6 Å². The predicted octanol–water partition coefficient (Wildman–Crippen LogP) is 5.57. The minimum atomic E-state index is -0.318. The number of halogens is 1. The molecule has 0 aliphatic carbocycles. The Hall–Kier alpha value is -2.75. The highest BCUT2D eigenvalue weighted by Gasteiger charge is 2.18. The Labute approximate surface area is 220 Å². The summed E-state index contributed by atoms with van der Waals surface area (Å²) in [5, 5.41) is 2.88. The maximum Gasteiger partial charge on any atom is 0.293 e. The van der Waals surface area contributed by atoms with Crippen molar-refractivity contribution in [3.05, 3.63) is 46.4 Å². The number of oxazole rings is 1. The normalized spacial score (nSPS) is 14.7. The summed E-state index contributed by atoms with van der Waals surface area (Å²) in [4.78, 5) is 28.6. The molecule has 194 valence electrons. The van der Waals surface area contributed by atoms with Crippen molar-refractivity contribution in [2.45, 2.75) is 52.2 Å². The molecule has 0 atom stereocenters. The van der Waals surface area contributed by atoms with E-state index in [2.05, 4.69) is 42.9 Å². The lowest BCUT2D eigenvalue weighted by Crippen LogP contribution is -2.35. The monoisotopic (exact) mass is 559 g/mol. The molecule has 1 fully saturated rings. The third-order valence-electron chi connectivity index (χ3n) is 5.57. The van der Waals surface area contributed by atoms with E-state index in [-0.39, 0.29) is 24.2 Å². The number of aryl methyl sites for hydroxylation is 1. The molecule has 1 amide bonds. The smallest absolute Gasteiger partial charge is 0.293 e. The van der Waals surface area contributed by atoms with E-state index in [1.807, 2.05) is 64.1 Å². The molecule has 1 saturated heterocycles. The first-order valence-electron chi connectivity index (χ1n) is 11.9. The first-order valence-corrected chi connectivity index (χ1v) is 12.7. The number of nitrogens with zero attached hydrogens (tertiary/aromatic N) is 2. The van der Waals surface area contributed by atoms with E-state index in [1.165, 1.54) is 0 Å². The summed E-state index contributed by atoms with van der Waals surface area (Å²) in [5.74, 6) is 0.420. The zero-order valence-electron chi connectivity index (χ0n) is 21.5. The molecule has 36 heavy (non-hydrogen) atoms. The average molecular weight is 560 g/mol. The minimum Gasteiger partial charge on any atom is -0.462 e. The van der Waals surface area contributed by atoms with Crippen LogP contribution in [-0.4, -0.2) is 60.7 Å². The van der Waals surface area contributed by atoms with Gasteiger partial charge in [-0.2, -0.15) is 0 Å². The number of amides is 1. The van der Waals surface area contributed by atoms with Gasteiger partial charge in [0.2, 0.25) is 11.8 Å². The number of piperidine rings is 1. The number of anilines is 1. The minimum absolute atomic E-state index is 0.0788. The van der Waals surface area contributed by atoms with Crippen molar-refractivity contribution in [3.63, 3.8) is 0 Å². The summed E-state index contributed by atoms with van der Waals surface area (Å²) in [7, 11) is 2.10. The van der Waals surface area contributed by atoms with E-state index in [0.29, 0.717) is 12.4 Å². The van der Waals surface area contributed by atoms with Gasteiger partial charge in [0.25, 0.3) is 6.47 Å². The summed E-state index contributed by atoms with van der Waals surface area (Å²) in [5.41, 5.74) is 3.89. The number of hydrogen-bond donors (Lipinski definition) is 1. The lowest BCUT2D eigenvalue weighted by molar-refractivity contribution is -0.138. The van der Waals surface area contributed by atoms with Gasteiger partial charge in [-0.05, 0) is 89.5 Å². The molecule has 0 unspecified atom stereocenters. The van der Waals surface area contributed by atoms with Gasteiger partial charge in [0.05, 0.1) is 6.10 Å². The van der Waals surface area contributed by atoms with Crippen LogP contribution in [0.2, 0.25) is 0 Å². The van der Waals surface area contributed by atoms with E-state index >= 15 is 0 Å². The van der Waals surface area contributed by atoms with Gasteiger partial charge in [0.1, 0.15) is 17.7 Å². The second-order valence-electron chi connectivity index (χ2n) is 9.86. The van der Waals surface area contributed by atoms with Crippen molar-refractivity contribution < 1.29 is 23.5 Å². The van der Waals surface area contributed by atoms with Crippen molar-refractivity contribution in [3.8, 4) is 11.5 Å². The van der Waals surface area contributed by atoms with Gasteiger partial charge in [-0.3, -0.25) is 9.59 Å². The SMILES string of the molecule is CC(C)(C)OC=O.Cc1cc(Br)cc2nc(-c3ccc(NC(=O)COC4CCN(C)CC4)cc3)oc12. The van der Waals surface area contributed by atoms with Gasteiger partial charge < -0.3 is 24.1 Å². The van der Waals surface area contributed by atoms with Crippen LogP contribution in [0, 0.1) is 6.92 Å². The van der Waals surface area contributed by atoms with Crippen LogP contribution >= 0.6 is 15.9 Å². The lowest BCUT2D eigenvalue weighted by atomic mass is 10.1. The number of carbonyl (C=O) groups is 2. The number of benzene rings is 2. The van der Waals surface area contributed by atoms with Gasteiger partial charge in [-0.25, -0.2) is 4.98 Å². The summed E-state index contributed by atoms with van der Waals surface area (Å²) < 4.78 is 17.2. The van der Waals surface area contributed by atoms with Crippen LogP contribution in [-0.2, 0) is 19.1 Å². The number of rotatable bonds is 6. The van der Waals surface area contributed by atoms with Crippen molar-refractivity contribution >= 4 is 45.1 Å². The molecule has 0 saturated carbocycles. The van der Waals surface area contributed by atoms with Crippen LogP contribution in [0.1, 0.15) is 39.2 Å².